The number of likely N-dealkylation sites (N-methyl/N-ethyl adjacent to an activating group) is 2. The van der Waals surface area contributed by atoms with E-state index >= 15 is 0 Å². The number of hydrogen-bond acceptors (Lipinski definition) is 3. The molecule has 0 aromatic heterocycles. The van der Waals surface area contributed by atoms with Gasteiger partial charge in [0.25, 0.3) is 0 Å². The van der Waals surface area contributed by atoms with Crippen LogP contribution in [0.5, 0.6) is 0 Å². The molecule has 0 bridgehead atoms. The monoisotopic (exact) mass is 207 g/mol. The zero-order valence-electron chi connectivity index (χ0n) is 10.1. The smallest absolute Gasteiger partial charge is 0.0627 e. The fraction of sp³-hybridized carbons (Fsp3) is 0.500. The van der Waals surface area contributed by atoms with Gasteiger partial charge in [-0.05, 0) is 32.6 Å². The summed E-state index contributed by atoms with van der Waals surface area (Å²) in [5, 5.41) is 0. The maximum atomic E-state index is 5.97. The number of nitrogens with two attached hydrogens (primary N) is 1. The Morgan fingerprint density at radius 3 is 2.33 bits per heavy atom. The van der Waals surface area contributed by atoms with Crippen molar-refractivity contribution >= 4 is 11.4 Å². The molecule has 0 atom stereocenters. The molecule has 0 amide bonds. The second-order valence-corrected chi connectivity index (χ2v) is 4.24. The van der Waals surface area contributed by atoms with Gasteiger partial charge >= 0.3 is 0 Å². The van der Waals surface area contributed by atoms with Gasteiger partial charge in [-0.1, -0.05) is 12.1 Å². The van der Waals surface area contributed by atoms with E-state index in [1.807, 2.05) is 12.1 Å². The van der Waals surface area contributed by atoms with Crippen molar-refractivity contribution in [3.63, 3.8) is 0 Å². The molecular weight excluding hydrogens is 186 g/mol. The molecule has 1 aromatic rings. The maximum Gasteiger partial charge on any atom is 0.0627 e. The molecule has 0 aliphatic heterocycles. The maximum absolute atomic E-state index is 5.97. The number of nitrogens with zero attached hydrogens (tertiary/aromatic N) is 2. The Morgan fingerprint density at radius 1 is 1.13 bits per heavy atom. The van der Waals surface area contributed by atoms with Crippen LogP contribution in [0.1, 0.15) is 5.56 Å². The summed E-state index contributed by atoms with van der Waals surface area (Å²) in [5.41, 5.74) is 9.22. The minimum Gasteiger partial charge on any atom is -0.397 e. The topological polar surface area (TPSA) is 32.5 Å². The van der Waals surface area contributed by atoms with Crippen molar-refractivity contribution in [1.82, 2.24) is 4.90 Å². The van der Waals surface area contributed by atoms with Crippen LogP contribution >= 0.6 is 0 Å². The number of nitrogen functional groups attached to an aromatic ring is 1. The Labute approximate surface area is 92.5 Å². The fourth-order valence-electron chi connectivity index (χ4n) is 1.66. The third kappa shape index (κ3) is 3.13. The van der Waals surface area contributed by atoms with Crippen molar-refractivity contribution in [1.29, 1.82) is 0 Å². The Balaban J connectivity index is 2.77. The number of aryl methyl sites for hydroxylation is 1. The SMILES string of the molecule is Cc1cccc(N)c1N(C)CCN(C)C. The zero-order valence-corrected chi connectivity index (χ0v) is 10.1. The van der Waals surface area contributed by atoms with Crippen LogP contribution < -0.4 is 10.6 Å². The summed E-state index contributed by atoms with van der Waals surface area (Å²) in [4.78, 5) is 4.38. The fourth-order valence-corrected chi connectivity index (χ4v) is 1.66. The molecule has 0 aliphatic carbocycles. The lowest BCUT2D eigenvalue weighted by atomic mass is 10.1. The van der Waals surface area contributed by atoms with Crippen molar-refractivity contribution < 1.29 is 0 Å². The van der Waals surface area contributed by atoms with Crippen LogP contribution in [-0.2, 0) is 0 Å². The molecule has 2 N–H and O–H groups in total. The van der Waals surface area contributed by atoms with Crippen LogP contribution in [0.3, 0.4) is 0 Å². The van der Waals surface area contributed by atoms with Crippen LogP contribution in [0.4, 0.5) is 11.4 Å². The molecular formula is C12H21N3. The van der Waals surface area contributed by atoms with E-state index in [1.54, 1.807) is 0 Å². The molecule has 0 aliphatic rings. The highest BCUT2D eigenvalue weighted by Gasteiger charge is 2.07. The number of anilines is 2. The highest BCUT2D eigenvalue weighted by molar-refractivity contribution is 5.70. The average Bonchev–Trinajstić information content (AvgIpc) is 2.14. The predicted molar refractivity (Wildman–Crippen MR) is 67.4 cm³/mol. The van der Waals surface area contributed by atoms with Gasteiger partial charge in [0, 0.05) is 20.1 Å². The van der Waals surface area contributed by atoms with Gasteiger partial charge in [-0.25, -0.2) is 0 Å². The quantitative estimate of drug-likeness (QED) is 0.761. The molecule has 84 valence electrons. The molecule has 1 rings (SSSR count). The van der Waals surface area contributed by atoms with E-state index in [4.69, 9.17) is 5.73 Å². The summed E-state index contributed by atoms with van der Waals surface area (Å²) in [6.07, 6.45) is 0. The third-order valence-corrected chi connectivity index (χ3v) is 2.53. The van der Waals surface area contributed by atoms with Gasteiger partial charge in [0.2, 0.25) is 0 Å². The molecule has 0 unspecified atom stereocenters. The summed E-state index contributed by atoms with van der Waals surface area (Å²) >= 11 is 0. The Morgan fingerprint density at radius 2 is 1.80 bits per heavy atom. The van der Waals surface area contributed by atoms with Gasteiger partial charge in [-0.3, -0.25) is 0 Å². The first-order valence-electron chi connectivity index (χ1n) is 5.23. The van der Waals surface area contributed by atoms with E-state index in [1.165, 1.54) is 5.56 Å². The normalized spacial score (nSPS) is 10.7. The van der Waals surface area contributed by atoms with Crippen LogP contribution in [0, 0.1) is 6.92 Å². The molecule has 15 heavy (non-hydrogen) atoms. The lowest BCUT2D eigenvalue weighted by Gasteiger charge is -2.24. The van der Waals surface area contributed by atoms with Crippen molar-refractivity contribution in [3.8, 4) is 0 Å². The first kappa shape index (κ1) is 11.9. The van der Waals surface area contributed by atoms with Crippen LogP contribution in [0.15, 0.2) is 18.2 Å². The lowest BCUT2D eigenvalue weighted by Crippen LogP contribution is -2.29. The van der Waals surface area contributed by atoms with Crippen LogP contribution in [-0.4, -0.2) is 39.1 Å². The second kappa shape index (κ2) is 5.03. The minimum absolute atomic E-state index is 0.858. The van der Waals surface area contributed by atoms with Gasteiger partial charge in [-0.15, -0.1) is 0 Å². The highest BCUT2D eigenvalue weighted by atomic mass is 15.2. The molecule has 0 saturated carbocycles. The molecule has 1 aromatic carbocycles. The van der Waals surface area contributed by atoms with E-state index in [0.717, 1.165) is 24.5 Å². The van der Waals surface area contributed by atoms with E-state index < -0.39 is 0 Å². The number of benzene rings is 1. The van der Waals surface area contributed by atoms with E-state index in [9.17, 15) is 0 Å². The van der Waals surface area contributed by atoms with Crippen molar-refractivity contribution in [2.75, 3.05) is 44.9 Å². The van der Waals surface area contributed by atoms with E-state index in [0.29, 0.717) is 0 Å². The Kier molecular flexibility index (Phi) is 3.97. The standard InChI is InChI=1S/C12H21N3/c1-10-6-5-7-11(13)12(10)15(4)9-8-14(2)3/h5-7H,8-9,13H2,1-4H3. The molecule has 0 saturated heterocycles. The number of para-hydroxylation sites is 1. The summed E-state index contributed by atoms with van der Waals surface area (Å²) in [7, 11) is 6.24. The summed E-state index contributed by atoms with van der Waals surface area (Å²) < 4.78 is 0. The van der Waals surface area contributed by atoms with E-state index in [2.05, 4.69) is 43.9 Å². The van der Waals surface area contributed by atoms with Gasteiger partial charge in [0.1, 0.15) is 0 Å². The number of hydrogen-bond donors (Lipinski definition) is 1. The van der Waals surface area contributed by atoms with Gasteiger partial charge in [0.15, 0.2) is 0 Å². The van der Waals surface area contributed by atoms with Crippen molar-refractivity contribution in [2.45, 2.75) is 6.92 Å². The van der Waals surface area contributed by atoms with Crippen LogP contribution in [0.2, 0.25) is 0 Å². The summed E-state index contributed by atoms with van der Waals surface area (Å²) in [6, 6.07) is 6.04. The van der Waals surface area contributed by atoms with Gasteiger partial charge in [-0.2, -0.15) is 0 Å². The molecule has 0 fully saturated rings. The zero-order chi connectivity index (χ0) is 11.4. The lowest BCUT2D eigenvalue weighted by molar-refractivity contribution is 0.416. The van der Waals surface area contributed by atoms with Gasteiger partial charge in [0.05, 0.1) is 11.4 Å². The summed E-state index contributed by atoms with van der Waals surface area (Å²) in [5.74, 6) is 0. The largest absolute Gasteiger partial charge is 0.397 e. The van der Waals surface area contributed by atoms with Crippen LogP contribution in [0.25, 0.3) is 0 Å². The number of rotatable bonds is 4. The first-order chi connectivity index (χ1) is 7.02. The summed E-state index contributed by atoms with van der Waals surface area (Å²) in [6.45, 7) is 4.12. The van der Waals surface area contributed by atoms with Crippen molar-refractivity contribution in [2.24, 2.45) is 0 Å². The highest BCUT2D eigenvalue weighted by Crippen LogP contribution is 2.25. The second-order valence-electron chi connectivity index (χ2n) is 4.24. The molecule has 0 heterocycles. The van der Waals surface area contributed by atoms with Crippen molar-refractivity contribution in [3.05, 3.63) is 23.8 Å². The third-order valence-electron chi connectivity index (χ3n) is 2.53. The minimum atomic E-state index is 0.858. The predicted octanol–water partition coefficient (Wildman–Crippen LogP) is 1.58. The molecule has 0 radical (unpaired) electrons. The molecule has 0 spiro atoms. The van der Waals surface area contributed by atoms with E-state index in [-0.39, 0.29) is 0 Å². The Bertz CT molecular complexity index is 300. The average molecular weight is 207 g/mol. The first-order valence-corrected chi connectivity index (χ1v) is 5.23. The van der Waals surface area contributed by atoms with Gasteiger partial charge < -0.3 is 15.5 Å². The molecule has 3 heteroatoms. The molecule has 3 nitrogen and oxygen atoms in total. The Hall–Kier alpha value is -1.22.